The van der Waals surface area contributed by atoms with Crippen molar-refractivity contribution in [2.24, 2.45) is 0 Å². The fourth-order valence-corrected chi connectivity index (χ4v) is 4.22. The number of carbonyl (C=O) groups excluding carboxylic acids is 2. The van der Waals surface area contributed by atoms with E-state index < -0.39 is 0 Å². The van der Waals surface area contributed by atoms with Gasteiger partial charge in [0.25, 0.3) is 0 Å². The van der Waals surface area contributed by atoms with Gasteiger partial charge in [-0.25, -0.2) is 0 Å². The molecule has 1 aliphatic heterocycles. The fraction of sp³-hybridized carbons (Fsp3) is 0.462. The summed E-state index contributed by atoms with van der Waals surface area (Å²) < 4.78 is 16.1. The zero-order chi connectivity index (χ0) is 23.6. The Morgan fingerprint density at radius 1 is 1.06 bits per heavy atom. The van der Waals surface area contributed by atoms with E-state index in [9.17, 15) is 9.59 Å². The van der Waals surface area contributed by atoms with Crippen molar-refractivity contribution in [3.8, 4) is 17.2 Å². The molecule has 2 aromatic rings. The topological polar surface area (TPSA) is 85.9 Å². The fourth-order valence-electron chi connectivity index (χ4n) is 4.22. The number of methoxy groups -OCH3 is 3. The minimum atomic E-state index is -0.254. The number of hydrogen-bond acceptors (Lipinski definition) is 6. The Kier molecular flexibility index (Phi) is 9.13. The van der Waals surface area contributed by atoms with Crippen LogP contribution in [0.1, 0.15) is 48.0 Å². The minimum absolute atomic E-state index is 0.0325. The molecule has 178 valence electrons. The van der Waals surface area contributed by atoms with Gasteiger partial charge in [-0.15, -0.1) is 0 Å². The van der Waals surface area contributed by atoms with E-state index in [1.54, 1.807) is 12.1 Å². The maximum atomic E-state index is 13.2. The van der Waals surface area contributed by atoms with E-state index >= 15 is 0 Å². The average molecular weight is 455 g/mol. The van der Waals surface area contributed by atoms with Crippen LogP contribution in [0.3, 0.4) is 0 Å². The quantitative estimate of drug-likeness (QED) is 0.477. The second-order valence-corrected chi connectivity index (χ2v) is 8.27. The van der Waals surface area contributed by atoms with Crippen LogP contribution in [0.4, 0.5) is 0 Å². The minimum Gasteiger partial charge on any atom is -0.493 e. The Bertz CT molecular complexity index is 901. The van der Waals surface area contributed by atoms with E-state index in [-0.39, 0.29) is 30.2 Å². The molecule has 1 amide bonds. The molecule has 0 aromatic heterocycles. The molecule has 1 heterocycles. The van der Waals surface area contributed by atoms with Crippen LogP contribution in [0.5, 0.6) is 17.2 Å². The first-order valence-corrected chi connectivity index (χ1v) is 11.5. The zero-order valence-electron chi connectivity index (χ0n) is 19.7. The smallest absolute Gasteiger partial charge is 0.237 e. The van der Waals surface area contributed by atoms with Gasteiger partial charge in [-0.3, -0.25) is 9.59 Å². The Morgan fingerprint density at radius 2 is 1.76 bits per heavy atom. The largest absolute Gasteiger partial charge is 0.493 e. The maximum absolute atomic E-state index is 13.2. The third-order valence-electron chi connectivity index (χ3n) is 6.00. The summed E-state index contributed by atoms with van der Waals surface area (Å²) in [4.78, 5) is 26.0. The van der Waals surface area contributed by atoms with Crippen LogP contribution in [-0.2, 0) is 11.2 Å². The van der Waals surface area contributed by atoms with Crippen molar-refractivity contribution in [2.75, 3.05) is 27.9 Å². The van der Waals surface area contributed by atoms with Crippen LogP contribution >= 0.6 is 0 Å². The SMILES string of the molecule is COc1cc(C(=O)CC(CCCc2ccccc2)NC(=O)[C@@H]2CCCN2)cc(OC)c1OC. The molecule has 3 rings (SSSR count). The number of rotatable bonds is 12. The number of amides is 1. The van der Waals surface area contributed by atoms with E-state index in [2.05, 4.69) is 22.8 Å². The number of benzene rings is 2. The van der Waals surface area contributed by atoms with Gasteiger partial charge >= 0.3 is 0 Å². The Labute approximate surface area is 195 Å². The molecule has 7 heteroatoms. The molecule has 33 heavy (non-hydrogen) atoms. The number of nitrogens with one attached hydrogen (secondary N) is 2. The first-order valence-electron chi connectivity index (χ1n) is 11.5. The van der Waals surface area contributed by atoms with Crippen molar-refractivity contribution in [1.82, 2.24) is 10.6 Å². The molecular weight excluding hydrogens is 420 g/mol. The van der Waals surface area contributed by atoms with Crippen LogP contribution in [0, 0.1) is 0 Å². The van der Waals surface area contributed by atoms with Crippen LogP contribution < -0.4 is 24.8 Å². The van der Waals surface area contributed by atoms with E-state index in [1.807, 2.05) is 18.2 Å². The van der Waals surface area contributed by atoms with Gasteiger partial charge in [0, 0.05) is 18.0 Å². The molecule has 0 radical (unpaired) electrons. The summed E-state index contributed by atoms with van der Waals surface area (Å²) in [5.41, 5.74) is 1.71. The zero-order valence-corrected chi connectivity index (χ0v) is 19.7. The van der Waals surface area contributed by atoms with Gasteiger partial charge in [-0.05, 0) is 56.3 Å². The van der Waals surface area contributed by atoms with Gasteiger partial charge in [0.1, 0.15) is 0 Å². The summed E-state index contributed by atoms with van der Waals surface area (Å²) in [7, 11) is 4.57. The number of carbonyl (C=O) groups is 2. The Hall–Kier alpha value is -3.06. The molecule has 1 fully saturated rings. The highest BCUT2D eigenvalue weighted by molar-refractivity contribution is 5.98. The van der Waals surface area contributed by atoms with Crippen LogP contribution in [0.15, 0.2) is 42.5 Å². The normalized spacial score (nSPS) is 16.2. The van der Waals surface area contributed by atoms with Crippen LogP contribution in [0.2, 0.25) is 0 Å². The van der Waals surface area contributed by atoms with Gasteiger partial charge in [0.15, 0.2) is 17.3 Å². The number of ether oxygens (including phenoxy) is 3. The van der Waals surface area contributed by atoms with E-state index in [0.717, 1.165) is 32.2 Å². The molecule has 0 spiro atoms. The Morgan fingerprint density at radius 3 is 2.33 bits per heavy atom. The predicted molar refractivity (Wildman–Crippen MR) is 127 cm³/mol. The van der Waals surface area contributed by atoms with Crippen molar-refractivity contribution in [3.63, 3.8) is 0 Å². The van der Waals surface area contributed by atoms with E-state index in [0.29, 0.717) is 29.2 Å². The van der Waals surface area contributed by atoms with Crippen LogP contribution in [-0.4, -0.2) is 51.6 Å². The standard InChI is InChI=1S/C26H34N2O5/c1-31-23-15-19(16-24(32-2)25(23)33-3)22(29)17-20(28-26(30)21-13-8-14-27-21)12-7-11-18-9-5-4-6-10-18/h4-6,9-10,15-16,20-21,27H,7-8,11-14,17H2,1-3H3,(H,28,30)/t20?,21-/m0/s1. The first-order chi connectivity index (χ1) is 16.0. The number of ketones is 1. The third-order valence-corrected chi connectivity index (χ3v) is 6.00. The summed E-state index contributed by atoms with van der Waals surface area (Å²) in [6, 6.07) is 13.1. The Balaban J connectivity index is 1.71. The number of hydrogen-bond donors (Lipinski definition) is 2. The molecule has 2 aromatic carbocycles. The lowest BCUT2D eigenvalue weighted by molar-refractivity contribution is -0.123. The molecule has 2 N–H and O–H groups in total. The lowest BCUT2D eigenvalue weighted by Gasteiger charge is -2.21. The summed E-state index contributed by atoms with van der Waals surface area (Å²) in [5.74, 6) is 1.19. The second kappa shape index (κ2) is 12.3. The highest BCUT2D eigenvalue weighted by Crippen LogP contribution is 2.38. The van der Waals surface area contributed by atoms with Gasteiger partial charge < -0.3 is 24.8 Å². The van der Waals surface area contributed by atoms with Gasteiger partial charge in [0.05, 0.1) is 27.4 Å². The molecule has 1 saturated heterocycles. The average Bonchev–Trinajstić information content (AvgIpc) is 3.39. The van der Waals surface area contributed by atoms with Crippen molar-refractivity contribution >= 4 is 11.7 Å². The summed E-state index contributed by atoms with van der Waals surface area (Å²) in [5, 5.41) is 6.34. The summed E-state index contributed by atoms with van der Waals surface area (Å²) >= 11 is 0. The maximum Gasteiger partial charge on any atom is 0.237 e. The van der Waals surface area contributed by atoms with Gasteiger partial charge in [-0.1, -0.05) is 30.3 Å². The second-order valence-electron chi connectivity index (χ2n) is 8.27. The van der Waals surface area contributed by atoms with Crippen molar-refractivity contribution in [2.45, 2.75) is 50.6 Å². The monoisotopic (exact) mass is 454 g/mol. The van der Waals surface area contributed by atoms with Crippen LogP contribution in [0.25, 0.3) is 0 Å². The van der Waals surface area contributed by atoms with Crippen molar-refractivity contribution < 1.29 is 23.8 Å². The molecule has 1 unspecified atom stereocenters. The summed E-state index contributed by atoms with van der Waals surface area (Å²) in [6.45, 7) is 0.848. The van der Waals surface area contributed by atoms with E-state index in [4.69, 9.17) is 14.2 Å². The summed E-state index contributed by atoms with van der Waals surface area (Å²) in [6.07, 6.45) is 4.49. The molecule has 0 aliphatic carbocycles. The predicted octanol–water partition coefficient (Wildman–Crippen LogP) is 3.54. The highest BCUT2D eigenvalue weighted by Gasteiger charge is 2.26. The van der Waals surface area contributed by atoms with Crippen molar-refractivity contribution in [3.05, 3.63) is 53.6 Å². The number of Topliss-reactive ketones (excluding diaryl/α,β-unsaturated/α-hetero) is 1. The first kappa shape index (κ1) is 24.6. The highest BCUT2D eigenvalue weighted by atomic mass is 16.5. The lowest BCUT2D eigenvalue weighted by Crippen LogP contribution is -2.45. The molecule has 0 saturated carbocycles. The van der Waals surface area contributed by atoms with Crippen molar-refractivity contribution in [1.29, 1.82) is 0 Å². The van der Waals surface area contributed by atoms with Gasteiger partial charge in [0.2, 0.25) is 11.7 Å². The number of aryl methyl sites for hydroxylation is 1. The molecule has 0 bridgehead atoms. The third kappa shape index (κ3) is 6.71. The molecule has 7 nitrogen and oxygen atoms in total. The lowest BCUT2D eigenvalue weighted by atomic mass is 9.97. The molecular formula is C26H34N2O5. The molecule has 2 atom stereocenters. The van der Waals surface area contributed by atoms with Gasteiger partial charge in [-0.2, -0.15) is 0 Å². The molecule has 1 aliphatic rings. The van der Waals surface area contributed by atoms with E-state index in [1.165, 1.54) is 26.9 Å².